The van der Waals surface area contributed by atoms with Gasteiger partial charge in [0.15, 0.2) is 0 Å². The van der Waals surface area contributed by atoms with Crippen LogP contribution in [0.3, 0.4) is 0 Å². The summed E-state index contributed by atoms with van der Waals surface area (Å²) in [4.78, 5) is 1.16. The number of thioether (sulfide) groups is 1. The Morgan fingerprint density at radius 1 is 1.42 bits per heavy atom. The molecule has 0 radical (unpaired) electrons. The van der Waals surface area contributed by atoms with Gasteiger partial charge in [0.05, 0.1) is 5.02 Å². The molecule has 1 nitrogen and oxygen atoms in total. The van der Waals surface area contributed by atoms with Crippen molar-refractivity contribution in [3.63, 3.8) is 0 Å². The zero-order chi connectivity index (χ0) is 13.9. The maximum absolute atomic E-state index is 6.17. The first-order valence-electron chi connectivity index (χ1n) is 6.82. The zero-order valence-electron chi connectivity index (χ0n) is 11.5. The predicted octanol–water partition coefficient (Wildman–Crippen LogP) is 4.60. The molecule has 104 valence electrons. The quantitative estimate of drug-likeness (QED) is 0.406. The van der Waals surface area contributed by atoms with Crippen molar-refractivity contribution in [3.8, 4) is 12.3 Å². The van der Waals surface area contributed by atoms with Crippen molar-refractivity contribution in [1.82, 2.24) is 5.32 Å². The van der Waals surface area contributed by atoms with Crippen LogP contribution in [0.5, 0.6) is 0 Å². The van der Waals surface area contributed by atoms with Gasteiger partial charge in [0.2, 0.25) is 0 Å². The SMILES string of the molecule is C#CCCCC(CSc1ccccc1Cl)NCCC. The molecule has 0 bridgehead atoms. The smallest absolute Gasteiger partial charge is 0.0541 e. The number of hydrogen-bond donors (Lipinski definition) is 1. The van der Waals surface area contributed by atoms with Crippen molar-refractivity contribution in [1.29, 1.82) is 0 Å². The average molecular weight is 296 g/mol. The molecule has 1 aromatic rings. The minimum atomic E-state index is 0.509. The van der Waals surface area contributed by atoms with Crippen molar-refractivity contribution >= 4 is 23.4 Å². The van der Waals surface area contributed by atoms with E-state index in [1.165, 1.54) is 0 Å². The third-order valence-corrected chi connectivity index (χ3v) is 4.51. The lowest BCUT2D eigenvalue weighted by atomic mass is 10.1. The third kappa shape index (κ3) is 6.92. The minimum Gasteiger partial charge on any atom is -0.313 e. The maximum atomic E-state index is 6.17. The number of nitrogens with one attached hydrogen (secondary N) is 1. The van der Waals surface area contributed by atoms with Gasteiger partial charge in [-0.15, -0.1) is 24.1 Å². The molecule has 0 fully saturated rings. The van der Waals surface area contributed by atoms with Crippen LogP contribution in [0, 0.1) is 12.3 Å². The summed E-state index contributed by atoms with van der Waals surface area (Å²) in [5, 5.41) is 4.42. The summed E-state index contributed by atoms with van der Waals surface area (Å²) >= 11 is 7.99. The summed E-state index contributed by atoms with van der Waals surface area (Å²) in [6.07, 6.45) is 9.53. The summed E-state index contributed by atoms with van der Waals surface area (Å²) in [7, 11) is 0. The molecule has 1 N–H and O–H groups in total. The minimum absolute atomic E-state index is 0.509. The van der Waals surface area contributed by atoms with E-state index in [1.807, 2.05) is 30.0 Å². The number of terminal acetylenes is 1. The van der Waals surface area contributed by atoms with Gasteiger partial charge >= 0.3 is 0 Å². The van der Waals surface area contributed by atoms with Crippen molar-refractivity contribution < 1.29 is 0 Å². The molecule has 0 aromatic heterocycles. The second-order valence-corrected chi connectivity index (χ2v) is 5.96. The lowest BCUT2D eigenvalue weighted by Crippen LogP contribution is -2.31. The average Bonchev–Trinajstić information content (AvgIpc) is 2.43. The van der Waals surface area contributed by atoms with Gasteiger partial charge in [-0.3, -0.25) is 0 Å². The van der Waals surface area contributed by atoms with E-state index in [4.69, 9.17) is 18.0 Å². The first-order valence-corrected chi connectivity index (χ1v) is 8.18. The lowest BCUT2D eigenvalue weighted by Gasteiger charge is -2.18. The van der Waals surface area contributed by atoms with Crippen LogP contribution in [-0.4, -0.2) is 18.3 Å². The van der Waals surface area contributed by atoms with E-state index in [0.717, 1.165) is 47.9 Å². The van der Waals surface area contributed by atoms with Crippen LogP contribution in [0.25, 0.3) is 0 Å². The van der Waals surface area contributed by atoms with Gasteiger partial charge in [-0.1, -0.05) is 30.7 Å². The van der Waals surface area contributed by atoms with Gasteiger partial charge in [0, 0.05) is 23.1 Å². The highest BCUT2D eigenvalue weighted by molar-refractivity contribution is 7.99. The molecule has 0 amide bonds. The third-order valence-electron chi connectivity index (χ3n) is 2.83. The Bertz CT molecular complexity index is 400. The van der Waals surface area contributed by atoms with E-state index < -0.39 is 0 Å². The van der Waals surface area contributed by atoms with Gasteiger partial charge in [-0.25, -0.2) is 0 Å². The van der Waals surface area contributed by atoms with Crippen LogP contribution < -0.4 is 5.32 Å². The standard InChI is InChI=1S/C16H22ClNS/c1-3-5-6-9-14(18-12-4-2)13-19-16-11-8-7-10-15(16)17/h1,7-8,10-11,14,18H,4-6,9,12-13H2,2H3. The van der Waals surface area contributed by atoms with Crippen LogP contribution in [0.4, 0.5) is 0 Å². The van der Waals surface area contributed by atoms with Crippen molar-refractivity contribution in [2.45, 2.75) is 43.5 Å². The molecule has 1 aromatic carbocycles. The van der Waals surface area contributed by atoms with E-state index in [9.17, 15) is 0 Å². The molecular formula is C16H22ClNS. The maximum Gasteiger partial charge on any atom is 0.0541 e. The Hall–Kier alpha value is -0.620. The molecule has 1 rings (SSSR count). The molecule has 0 heterocycles. The van der Waals surface area contributed by atoms with Crippen LogP contribution in [0.2, 0.25) is 5.02 Å². The fraction of sp³-hybridized carbons (Fsp3) is 0.500. The van der Waals surface area contributed by atoms with E-state index in [0.29, 0.717) is 6.04 Å². The van der Waals surface area contributed by atoms with Crippen LogP contribution >= 0.6 is 23.4 Å². The van der Waals surface area contributed by atoms with Crippen molar-refractivity contribution in [2.24, 2.45) is 0 Å². The fourth-order valence-corrected chi connectivity index (χ4v) is 3.14. The summed E-state index contributed by atoms with van der Waals surface area (Å²) in [5.41, 5.74) is 0. The molecule has 0 saturated carbocycles. The highest BCUT2D eigenvalue weighted by atomic mass is 35.5. The first kappa shape index (κ1) is 16.4. The van der Waals surface area contributed by atoms with E-state index in [-0.39, 0.29) is 0 Å². The summed E-state index contributed by atoms with van der Waals surface area (Å²) < 4.78 is 0. The van der Waals surface area contributed by atoms with Gasteiger partial charge in [-0.05, 0) is 37.9 Å². The Kier molecular flexibility index (Phi) is 8.82. The number of rotatable bonds is 9. The predicted molar refractivity (Wildman–Crippen MR) is 86.9 cm³/mol. The highest BCUT2D eigenvalue weighted by Crippen LogP contribution is 2.27. The summed E-state index contributed by atoms with van der Waals surface area (Å²) in [5.74, 6) is 3.74. The molecule has 19 heavy (non-hydrogen) atoms. The Balaban J connectivity index is 2.43. The Morgan fingerprint density at radius 2 is 2.21 bits per heavy atom. The molecule has 0 saturated heterocycles. The first-order chi connectivity index (χ1) is 9.27. The van der Waals surface area contributed by atoms with Crippen LogP contribution in [0.15, 0.2) is 29.2 Å². The second kappa shape index (κ2) is 10.2. The summed E-state index contributed by atoms with van der Waals surface area (Å²) in [6, 6.07) is 8.52. The monoisotopic (exact) mass is 295 g/mol. The Labute approximate surface area is 126 Å². The van der Waals surface area contributed by atoms with E-state index in [1.54, 1.807) is 0 Å². The molecular weight excluding hydrogens is 274 g/mol. The second-order valence-electron chi connectivity index (χ2n) is 4.49. The van der Waals surface area contributed by atoms with E-state index in [2.05, 4.69) is 24.2 Å². The normalized spacial score (nSPS) is 12.1. The van der Waals surface area contributed by atoms with Crippen molar-refractivity contribution in [2.75, 3.05) is 12.3 Å². The molecule has 0 aliphatic rings. The van der Waals surface area contributed by atoms with Gasteiger partial charge in [0.1, 0.15) is 0 Å². The lowest BCUT2D eigenvalue weighted by molar-refractivity contribution is 0.508. The molecule has 1 atom stereocenters. The number of unbranched alkanes of at least 4 members (excludes halogenated alkanes) is 1. The fourth-order valence-electron chi connectivity index (χ4n) is 1.80. The Morgan fingerprint density at radius 3 is 2.89 bits per heavy atom. The van der Waals surface area contributed by atoms with Gasteiger partial charge in [0.25, 0.3) is 0 Å². The molecule has 0 aliphatic heterocycles. The number of benzene rings is 1. The van der Waals surface area contributed by atoms with Crippen molar-refractivity contribution in [3.05, 3.63) is 29.3 Å². The van der Waals surface area contributed by atoms with Gasteiger partial charge < -0.3 is 5.32 Å². The topological polar surface area (TPSA) is 12.0 Å². The zero-order valence-corrected chi connectivity index (χ0v) is 13.1. The van der Waals surface area contributed by atoms with Crippen LogP contribution in [-0.2, 0) is 0 Å². The van der Waals surface area contributed by atoms with Gasteiger partial charge in [-0.2, -0.15) is 0 Å². The molecule has 3 heteroatoms. The summed E-state index contributed by atoms with van der Waals surface area (Å²) in [6.45, 7) is 3.25. The number of halogens is 1. The number of hydrogen-bond acceptors (Lipinski definition) is 2. The highest BCUT2D eigenvalue weighted by Gasteiger charge is 2.09. The molecule has 0 spiro atoms. The van der Waals surface area contributed by atoms with E-state index >= 15 is 0 Å². The van der Waals surface area contributed by atoms with Crippen LogP contribution in [0.1, 0.15) is 32.6 Å². The molecule has 1 unspecified atom stereocenters. The molecule has 0 aliphatic carbocycles. The largest absolute Gasteiger partial charge is 0.313 e.